The minimum absolute atomic E-state index is 0.288. The summed E-state index contributed by atoms with van der Waals surface area (Å²) in [6.07, 6.45) is 2.22. The third-order valence-electron chi connectivity index (χ3n) is 1.56. The topological polar surface area (TPSA) is 0 Å². The van der Waals surface area contributed by atoms with E-state index in [-0.39, 0.29) is 21.2 Å². The van der Waals surface area contributed by atoms with E-state index in [1.54, 1.807) is 0 Å². The van der Waals surface area contributed by atoms with Gasteiger partial charge in [-0.05, 0) is 0 Å². The van der Waals surface area contributed by atoms with Gasteiger partial charge in [-0.25, -0.2) is 0 Å². The predicted octanol–water partition coefficient (Wildman–Crippen LogP) is -0.315. The maximum atomic E-state index is 2.29. The van der Waals surface area contributed by atoms with Crippen LogP contribution < -0.4 is 21.2 Å². The van der Waals surface area contributed by atoms with Gasteiger partial charge in [0, 0.05) is 0 Å². The van der Waals surface area contributed by atoms with E-state index in [0.717, 1.165) is 0 Å². The van der Waals surface area contributed by atoms with Gasteiger partial charge in [-0.1, -0.05) is 0 Å². The van der Waals surface area contributed by atoms with Crippen molar-refractivity contribution in [2.75, 3.05) is 4.93 Å². The summed E-state index contributed by atoms with van der Waals surface area (Å²) in [5.41, 5.74) is 2.72. The molecule has 0 aromatic heterocycles. The van der Waals surface area contributed by atoms with Gasteiger partial charge in [0.05, 0.1) is 0 Å². The second-order valence-electron chi connectivity index (χ2n) is 2.37. The molecule has 0 heterocycles. The molecule has 1 rings (SSSR count). The predicted molar refractivity (Wildman–Crippen MR) is 46.1 cm³/mol. The molecule has 1 aromatic carbocycles. The van der Waals surface area contributed by atoms with Crippen molar-refractivity contribution in [2.45, 2.75) is 6.92 Å². The molecule has 0 radical (unpaired) electrons. The van der Waals surface area contributed by atoms with Crippen LogP contribution in [0.25, 0.3) is 6.08 Å². The fraction of sp³-hybridized carbons (Fsp3) is 0.200. The average molecular weight is 259 g/mol. The fourth-order valence-electron chi connectivity index (χ4n) is 0.905. The summed E-state index contributed by atoms with van der Waals surface area (Å²) in [7, 11) is 0. The van der Waals surface area contributed by atoms with Crippen molar-refractivity contribution in [3.05, 3.63) is 39.5 Å². The number of hydrogen-bond donors (Lipinski definition) is 0. The van der Waals surface area contributed by atoms with E-state index in [9.17, 15) is 0 Å². The number of aryl methyl sites for hydroxylation is 1. The molecular formula is C10H12I-. The van der Waals surface area contributed by atoms with Crippen LogP contribution in [0.1, 0.15) is 11.1 Å². The zero-order valence-electron chi connectivity index (χ0n) is 6.84. The summed E-state index contributed by atoms with van der Waals surface area (Å²) in [4.78, 5) is 2.26. The first-order chi connectivity index (χ1) is 5.34. The summed E-state index contributed by atoms with van der Waals surface area (Å²) >= 11 is 0.288. The summed E-state index contributed by atoms with van der Waals surface area (Å²) in [5, 5.41) is 0. The Balaban J connectivity index is 2.86. The Morgan fingerprint density at radius 1 is 1.27 bits per heavy atom. The number of rotatable bonds is 2. The average Bonchev–Trinajstić information content (AvgIpc) is 2.03. The van der Waals surface area contributed by atoms with Gasteiger partial charge < -0.3 is 0 Å². The number of alkyl halides is 1. The normalized spacial score (nSPS) is 11.1. The molecule has 1 aromatic rings. The molecule has 1 heteroatoms. The molecule has 0 aliphatic carbocycles. The molecule has 0 unspecified atom stereocenters. The van der Waals surface area contributed by atoms with Crippen molar-refractivity contribution in [2.24, 2.45) is 0 Å². The molecule has 0 spiro atoms. The molecule has 0 amide bonds. The molecule has 0 aliphatic heterocycles. The van der Waals surface area contributed by atoms with E-state index < -0.39 is 0 Å². The van der Waals surface area contributed by atoms with Gasteiger partial charge >= 0.3 is 78.6 Å². The first kappa shape index (κ1) is 8.78. The number of halogens is 1. The molecule has 0 N–H and O–H groups in total. The van der Waals surface area contributed by atoms with Gasteiger partial charge in [0.25, 0.3) is 0 Å². The molecule has 0 nitrogen and oxygen atoms in total. The van der Waals surface area contributed by atoms with Crippen LogP contribution in [0.5, 0.6) is 0 Å². The Morgan fingerprint density at radius 2 is 2.00 bits per heavy atom. The second kappa shape index (κ2) is 4.54. The van der Waals surface area contributed by atoms with Gasteiger partial charge in [0.2, 0.25) is 0 Å². The van der Waals surface area contributed by atoms with Gasteiger partial charge in [0.15, 0.2) is 0 Å². The van der Waals surface area contributed by atoms with E-state index in [2.05, 4.69) is 46.3 Å². The van der Waals surface area contributed by atoms with Crippen LogP contribution in [0.15, 0.2) is 28.3 Å². The minimum atomic E-state index is 0.288. The Hall–Kier alpha value is -0.310. The Kier molecular flexibility index (Phi) is 3.63. The van der Waals surface area contributed by atoms with Crippen molar-refractivity contribution >= 4 is 6.08 Å². The third-order valence-corrected chi connectivity index (χ3v) is 2.64. The van der Waals surface area contributed by atoms with E-state index in [4.69, 9.17) is 0 Å². The maximum absolute atomic E-state index is 2.29. The van der Waals surface area contributed by atoms with Gasteiger partial charge in [-0.3, -0.25) is 0 Å². The van der Waals surface area contributed by atoms with E-state index in [1.165, 1.54) is 11.1 Å². The monoisotopic (exact) mass is 259 g/mol. The Labute approximate surface area is 78.6 Å². The van der Waals surface area contributed by atoms with Crippen LogP contribution in [0, 0.1) is 6.92 Å². The molecule has 0 aliphatic rings. The zero-order chi connectivity index (χ0) is 8.10. The quantitative estimate of drug-likeness (QED) is 0.504. The molecule has 0 saturated heterocycles. The van der Waals surface area contributed by atoms with Gasteiger partial charge in [0.1, 0.15) is 0 Å². The zero-order valence-corrected chi connectivity index (χ0v) is 9.00. The summed E-state index contributed by atoms with van der Waals surface area (Å²) in [6.45, 7) is 2.15. The van der Waals surface area contributed by atoms with Crippen molar-refractivity contribution < 1.29 is 21.2 Å². The molecule has 60 valence electrons. The van der Waals surface area contributed by atoms with Gasteiger partial charge in [-0.15, -0.1) is 0 Å². The number of hydrogen-bond acceptors (Lipinski definition) is 0. The Bertz CT molecular complexity index is 251. The van der Waals surface area contributed by atoms with E-state index in [0.29, 0.717) is 0 Å². The molecule has 0 atom stereocenters. The SMILES string of the molecule is C[I-]/C=C\c1ccccc1C. The van der Waals surface area contributed by atoms with Crippen LogP contribution in [0.3, 0.4) is 0 Å². The van der Waals surface area contributed by atoms with Crippen molar-refractivity contribution in [3.63, 3.8) is 0 Å². The summed E-state index contributed by atoms with van der Waals surface area (Å²) in [6, 6.07) is 8.47. The van der Waals surface area contributed by atoms with E-state index in [1.807, 2.05) is 0 Å². The summed E-state index contributed by atoms with van der Waals surface area (Å²) < 4.78 is 2.29. The third kappa shape index (κ3) is 2.66. The second-order valence-corrected chi connectivity index (χ2v) is 4.33. The van der Waals surface area contributed by atoms with Crippen LogP contribution in [-0.2, 0) is 0 Å². The Morgan fingerprint density at radius 3 is 2.64 bits per heavy atom. The van der Waals surface area contributed by atoms with Crippen LogP contribution in [0.4, 0.5) is 0 Å². The van der Waals surface area contributed by atoms with Crippen LogP contribution in [0.2, 0.25) is 0 Å². The summed E-state index contributed by atoms with van der Waals surface area (Å²) in [5.74, 6) is 0. The first-order valence-electron chi connectivity index (χ1n) is 3.55. The first-order valence-corrected chi connectivity index (χ1v) is 6.95. The fourth-order valence-corrected chi connectivity index (χ4v) is 1.65. The molecular weight excluding hydrogens is 247 g/mol. The van der Waals surface area contributed by atoms with Gasteiger partial charge in [-0.2, -0.15) is 0 Å². The molecule has 0 bridgehead atoms. The molecule has 0 fully saturated rings. The molecule has 0 saturated carbocycles. The van der Waals surface area contributed by atoms with Crippen molar-refractivity contribution in [1.82, 2.24) is 0 Å². The van der Waals surface area contributed by atoms with Crippen LogP contribution in [-0.4, -0.2) is 4.93 Å². The number of benzene rings is 1. The van der Waals surface area contributed by atoms with E-state index >= 15 is 0 Å². The van der Waals surface area contributed by atoms with Crippen molar-refractivity contribution in [3.8, 4) is 0 Å². The van der Waals surface area contributed by atoms with Crippen LogP contribution >= 0.6 is 0 Å². The molecule has 11 heavy (non-hydrogen) atoms. The van der Waals surface area contributed by atoms with Crippen molar-refractivity contribution in [1.29, 1.82) is 0 Å². The standard InChI is InChI=1S/C10H12I/c1-9-5-3-4-6-10(9)7-8-11-2/h3-8H,1-2H3/q-1/b8-7-.